The van der Waals surface area contributed by atoms with Gasteiger partial charge in [-0.25, -0.2) is 4.79 Å². The second-order valence-electron chi connectivity index (χ2n) is 18.7. The van der Waals surface area contributed by atoms with Crippen molar-refractivity contribution in [3.05, 3.63) is 133 Å². The van der Waals surface area contributed by atoms with Crippen molar-refractivity contribution in [3.63, 3.8) is 0 Å². The van der Waals surface area contributed by atoms with Crippen LogP contribution in [0.5, 0.6) is 0 Å². The van der Waals surface area contributed by atoms with Gasteiger partial charge in [-0.05, 0) is 97.5 Å². The Labute approximate surface area is 401 Å². The molecule has 1 aliphatic rings. The molecule has 68 heavy (non-hydrogen) atoms. The van der Waals surface area contributed by atoms with Crippen LogP contribution in [0.15, 0.2) is 122 Å². The molecule has 4 aromatic carbocycles. The number of aromatic nitrogens is 2. The van der Waals surface area contributed by atoms with Crippen LogP contribution in [0.4, 0.5) is 16.2 Å². The van der Waals surface area contributed by atoms with E-state index in [9.17, 15) is 29.5 Å². The highest BCUT2D eigenvalue weighted by molar-refractivity contribution is 6.76. The van der Waals surface area contributed by atoms with Crippen molar-refractivity contribution in [2.45, 2.75) is 91.3 Å². The Morgan fingerprint density at radius 2 is 1.18 bits per heavy atom. The van der Waals surface area contributed by atoms with Crippen molar-refractivity contribution in [1.29, 1.82) is 0 Å². The highest BCUT2D eigenvalue weighted by atomic mass is 28.3. The van der Waals surface area contributed by atoms with E-state index in [2.05, 4.69) is 51.3 Å². The van der Waals surface area contributed by atoms with Crippen LogP contribution in [0, 0.1) is 0 Å². The number of carbonyl (C=O) groups excluding carboxylic acids is 3. The number of benzene rings is 4. The summed E-state index contributed by atoms with van der Waals surface area (Å²) in [4.78, 5) is 46.9. The van der Waals surface area contributed by atoms with Gasteiger partial charge in [-0.1, -0.05) is 95.2 Å². The molecule has 0 saturated carbocycles. The topological polar surface area (TPSA) is 229 Å². The standard InChI is InChI=1S/C30H40BN3O5Si.C18H19BN3O4.2CH4/c1-29(2)30(3,4)39-31(38-29)24-11-8-21(9-12-24)26(20-33-28(36)37-16-17-40(5,6)7)27(35)34-25-13-10-23-19-32-15-14-22(23)18-25;20-10-17(12-1-4-15(5-2-12)19(24,25)26)18(23)22-16-6-3-14-11-21-8-7-13(14)9-16;;/h8-15,18-19,26H,16-17,20H2,1-7H3,(H,33,36)(H,34,35);1-9,11,17,24-26H,10,20H2,(H,22,23);2*1H4/q;-1;;/p+1. The van der Waals surface area contributed by atoms with E-state index in [0.717, 1.165) is 38.6 Å². The van der Waals surface area contributed by atoms with Gasteiger partial charge in [-0.3, -0.25) is 19.6 Å². The summed E-state index contributed by atoms with van der Waals surface area (Å²) in [7, 11) is -1.83. The van der Waals surface area contributed by atoms with Gasteiger partial charge in [0, 0.05) is 61.6 Å². The Balaban J connectivity index is 0.000000313. The molecule has 0 aliphatic carbocycles. The maximum absolute atomic E-state index is 13.6. The molecular weight excluding hydrogens is 878 g/mol. The number of rotatable bonds is 14. The lowest BCUT2D eigenvalue weighted by Crippen LogP contribution is -2.55. The van der Waals surface area contributed by atoms with Crippen LogP contribution in [0.25, 0.3) is 21.5 Å². The minimum atomic E-state index is -3.55. The maximum Gasteiger partial charge on any atom is 0.494 e. The first-order valence-corrected chi connectivity index (χ1v) is 25.7. The average Bonchev–Trinajstić information content (AvgIpc) is 3.49. The van der Waals surface area contributed by atoms with E-state index in [1.165, 1.54) is 12.1 Å². The quantitative estimate of drug-likeness (QED) is 0.0635. The third-order valence-electron chi connectivity index (χ3n) is 11.9. The molecule has 7 rings (SSSR count). The summed E-state index contributed by atoms with van der Waals surface area (Å²) in [6.07, 6.45) is 6.42. The summed E-state index contributed by atoms with van der Waals surface area (Å²) in [6.45, 7) is 12.0. The molecule has 0 radical (unpaired) electrons. The first-order valence-electron chi connectivity index (χ1n) is 22.0. The lowest BCUT2D eigenvalue weighted by Gasteiger charge is -2.32. The van der Waals surface area contributed by atoms with Gasteiger partial charge >= 0.3 is 20.0 Å². The fraction of sp³-hybridized carbons (Fsp3) is 0.340. The van der Waals surface area contributed by atoms with Crippen LogP contribution >= 0.6 is 0 Å². The van der Waals surface area contributed by atoms with Gasteiger partial charge in [0.25, 0.3) is 0 Å². The molecule has 15 nitrogen and oxygen atoms in total. The van der Waals surface area contributed by atoms with Crippen LogP contribution < -0.4 is 32.6 Å². The van der Waals surface area contributed by atoms with Crippen molar-refractivity contribution < 1.29 is 49.2 Å². The largest absolute Gasteiger partial charge is 0.556 e. The number of amides is 3. The molecule has 6 aromatic rings. The third-order valence-corrected chi connectivity index (χ3v) is 13.6. The van der Waals surface area contributed by atoms with Gasteiger partial charge in [0.05, 0.1) is 30.3 Å². The molecule has 1 saturated heterocycles. The molecule has 0 spiro atoms. The van der Waals surface area contributed by atoms with Gasteiger partial charge in [0.1, 0.15) is 5.92 Å². The number of nitrogens with one attached hydrogen (secondary N) is 3. The number of carbonyl (C=O) groups is 3. The normalized spacial score (nSPS) is 14.8. The van der Waals surface area contributed by atoms with Crippen LogP contribution in [0.1, 0.15) is 65.5 Å². The Hall–Kier alpha value is -5.98. The molecule has 362 valence electrons. The molecular formula is C50H68B2N6O9Si. The van der Waals surface area contributed by atoms with E-state index < -0.39 is 51.1 Å². The molecule has 1 fully saturated rings. The maximum atomic E-state index is 13.6. The van der Waals surface area contributed by atoms with Crippen molar-refractivity contribution in [2.75, 3.05) is 30.3 Å². The number of anilines is 2. The Kier molecular flexibility index (Phi) is 18.4. The number of nitrogens with zero attached hydrogens (tertiary/aromatic N) is 2. The Bertz CT molecular complexity index is 2630. The number of hydrogen-bond acceptors (Lipinski definition) is 11. The molecule has 18 heteroatoms. The van der Waals surface area contributed by atoms with E-state index in [1.54, 1.807) is 36.9 Å². The lowest BCUT2D eigenvalue weighted by atomic mass is 9.71. The predicted octanol–water partition coefficient (Wildman–Crippen LogP) is 5.91. The van der Waals surface area contributed by atoms with Gasteiger partial charge in [0.15, 0.2) is 0 Å². The van der Waals surface area contributed by atoms with Crippen LogP contribution in [0.3, 0.4) is 0 Å². The third kappa shape index (κ3) is 14.3. The molecule has 3 amide bonds. The highest BCUT2D eigenvalue weighted by Crippen LogP contribution is 2.36. The molecule has 1 aliphatic heterocycles. The average molecular weight is 947 g/mol. The van der Waals surface area contributed by atoms with Gasteiger partial charge in [-0.2, -0.15) is 0 Å². The summed E-state index contributed by atoms with van der Waals surface area (Å²) in [5.74, 6) is -1.60. The summed E-state index contributed by atoms with van der Waals surface area (Å²) in [5.41, 5.74) is 6.55. The number of hydrogen-bond donors (Lipinski definition) is 7. The summed E-state index contributed by atoms with van der Waals surface area (Å²) in [5, 5.41) is 40.3. The Morgan fingerprint density at radius 1 is 0.706 bits per heavy atom. The smallest absolute Gasteiger partial charge is 0.494 e. The summed E-state index contributed by atoms with van der Waals surface area (Å²) < 4.78 is 17.7. The SMILES string of the molecule is C.C.CC1(C)OB(c2ccc(C(CNC(=O)OCC[Si](C)(C)C)C(=O)Nc3ccc4cnccc4c3)cc2)OC1(C)C.[NH3+]CC(C(=O)Nc1ccc2cnccc2c1)c1ccc([B-](O)(O)O)cc1. The van der Waals surface area contributed by atoms with Crippen molar-refractivity contribution in [1.82, 2.24) is 15.3 Å². The van der Waals surface area contributed by atoms with Gasteiger partial charge in [-0.15, -0.1) is 5.46 Å². The second-order valence-corrected chi connectivity index (χ2v) is 24.4. The van der Waals surface area contributed by atoms with E-state index >= 15 is 0 Å². The van der Waals surface area contributed by atoms with Crippen molar-refractivity contribution in [3.8, 4) is 0 Å². The van der Waals surface area contributed by atoms with E-state index in [-0.39, 0.29) is 38.7 Å². The van der Waals surface area contributed by atoms with E-state index in [1.807, 2.05) is 100 Å². The fourth-order valence-corrected chi connectivity index (χ4v) is 7.84. The molecule has 0 bridgehead atoms. The molecule has 2 atom stereocenters. The number of quaternary nitrogens is 1. The van der Waals surface area contributed by atoms with Crippen molar-refractivity contribution >= 4 is 83.7 Å². The van der Waals surface area contributed by atoms with Crippen LogP contribution in [0.2, 0.25) is 25.7 Å². The monoisotopic (exact) mass is 947 g/mol. The van der Waals surface area contributed by atoms with E-state index in [0.29, 0.717) is 30.1 Å². The number of pyridine rings is 2. The van der Waals surface area contributed by atoms with Crippen LogP contribution in [-0.2, 0) is 23.6 Å². The number of ether oxygens (including phenoxy) is 1. The second kappa shape index (κ2) is 22.9. The Morgan fingerprint density at radius 3 is 1.65 bits per heavy atom. The minimum absolute atomic E-state index is 0. The molecule has 2 unspecified atom stereocenters. The van der Waals surface area contributed by atoms with Gasteiger partial charge < -0.3 is 50.8 Å². The van der Waals surface area contributed by atoms with Gasteiger partial charge in [0.2, 0.25) is 11.8 Å². The molecule has 9 N–H and O–H groups in total. The zero-order chi connectivity index (χ0) is 47.9. The fourth-order valence-electron chi connectivity index (χ4n) is 7.13. The predicted molar refractivity (Wildman–Crippen MR) is 276 cm³/mol. The van der Waals surface area contributed by atoms with Crippen LogP contribution in [-0.4, -0.2) is 95.8 Å². The van der Waals surface area contributed by atoms with Crippen molar-refractivity contribution in [2.24, 2.45) is 0 Å². The van der Waals surface area contributed by atoms with E-state index in [4.69, 9.17) is 14.0 Å². The number of alkyl carbamates (subject to hydrolysis) is 1. The number of fused-ring (bicyclic) bond motifs is 2. The molecule has 2 aromatic heterocycles. The highest BCUT2D eigenvalue weighted by Gasteiger charge is 2.51. The summed E-state index contributed by atoms with van der Waals surface area (Å²) >= 11 is 0. The zero-order valence-electron chi connectivity index (χ0n) is 38.6. The minimum Gasteiger partial charge on any atom is -0.556 e. The lowest BCUT2D eigenvalue weighted by molar-refractivity contribution is -0.369. The zero-order valence-corrected chi connectivity index (χ0v) is 39.6. The first-order chi connectivity index (χ1) is 31.1. The first kappa shape index (κ1) is 54.6. The molecule has 3 heterocycles. The summed E-state index contributed by atoms with van der Waals surface area (Å²) in [6, 6.07) is 29.4.